The van der Waals surface area contributed by atoms with Crippen LogP contribution >= 0.6 is 14.7 Å². The molecule has 0 spiro atoms. The van der Waals surface area contributed by atoms with Crippen LogP contribution in [-0.4, -0.2) is 34.4 Å². The highest BCUT2D eigenvalue weighted by molar-refractivity contribution is 7.58. The molecule has 0 amide bonds. The second-order valence-electron chi connectivity index (χ2n) is 4.19. The Morgan fingerprint density at radius 1 is 0.750 bits per heavy atom. The standard InChI is InChI=1S/C10H24O4P2/c1-3-15(11,12)9-7-5-6-8-10-16(13,14)4-2/h3-10H2,1-2H3,(H,11,12)(H,13,14). The van der Waals surface area contributed by atoms with Crippen LogP contribution in [-0.2, 0) is 9.13 Å². The molecule has 0 aromatic carbocycles. The SMILES string of the molecule is CCP(=O)(O)CCCCCCP(=O)(O)CC. The highest BCUT2D eigenvalue weighted by atomic mass is 31.2. The van der Waals surface area contributed by atoms with E-state index in [4.69, 9.17) is 0 Å². The smallest absolute Gasteiger partial charge is 0.200 e. The summed E-state index contributed by atoms with van der Waals surface area (Å²) in [5.41, 5.74) is 0. The van der Waals surface area contributed by atoms with Crippen LogP contribution in [0, 0.1) is 0 Å². The minimum atomic E-state index is -2.86. The molecule has 0 aliphatic carbocycles. The fourth-order valence-corrected chi connectivity index (χ4v) is 3.46. The van der Waals surface area contributed by atoms with Crippen molar-refractivity contribution < 1.29 is 18.9 Å². The molecule has 0 aliphatic rings. The Bertz CT molecular complexity index is 250. The fourth-order valence-electron chi connectivity index (χ4n) is 1.39. The third-order valence-electron chi connectivity index (χ3n) is 2.75. The Kier molecular flexibility index (Phi) is 7.84. The molecule has 0 aromatic rings. The molecule has 98 valence electrons. The molecule has 6 heteroatoms. The monoisotopic (exact) mass is 270 g/mol. The van der Waals surface area contributed by atoms with Crippen LogP contribution in [0.4, 0.5) is 0 Å². The van der Waals surface area contributed by atoms with Gasteiger partial charge < -0.3 is 9.79 Å². The maximum atomic E-state index is 11.3. The van der Waals surface area contributed by atoms with Gasteiger partial charge in [-0.05, 0) is 12.8 Å². The summed E-state index contributed by atoms with van der Waals surface area (Å²) in [6, 6.07) is 0. The first-order valence-corrected chi connectivity index (χ1v) is 10.0. The third-order valence-corrected chi connectivity index (χ3v) is 6.76. The minimum Gasteiger partial charge on any atom is -0.344 e. The van der Waals surface area contributed by atoms with Crippen LogP contribution in [0.2, 0.25) is 0 Å². The highest BCUT2D eigenvalue weighted by Gasteiger charge is 2.15. The van der Waals surface area contributed by atoms with E-state index in [0.717, 1.165) is 25.7 Å². The van der Waals surface area contributed by atoms with Gasteiger partial charge in [-0.25, -0.2) is 0 Å². The number of hydrogen-bond acceptors (Lipinski definition) is 2. The second-order valence-corrected chi connectivity index (χ2v) is 9.73. The molecular weight excluding hydrogens is 246 g/mol. The van der Waals surface area contributed by atoms with E-state index in [0.29, 0.717) is 24.6 Å². The molecule has 0 radical (unpaired) electrons. The molecule has 0 fully saturated rings. The Labute approximate surface area is 98.4 Å². The lowest BCUT2D eigenvalue weighted by Gasteiger charge is -2.09. The van der Waals surface area contributed by atoms with Crippen LogP contribution in [0.1, 0.15) is 39.5 Å². The maximum absolute atomic E-state index is 11.3. The number of hydrogen-bond donors (Lipinski definition) is 2. The zero-order chi connectivity index (χ0) is 12.7. The van der Waals surface area contributed by atoms with Gasteiger partial charge in [0.1, 0.15) is 0 Å². The van der Waals surface area contributed by atoms with Crippen LogP contribution in [0.3, 0.4) is 0 Å². The van der Waals surface area contributed by atoms with Gasteiger partial charge in [0.2, 0.25) is 0 Å². The average molecular weight is 270 g/mol. The van der Waals surface area contributed by atoms with Crippen LogP contribution in [0.15, 0.2) is 0 Å². The minimum absolute atomic E-state index is 0.342. The van der Waals surface area contributed by atoms with Gasteiger partial charge in [0.15, 0.2) is 14.7 Å². The molecule has 2 N–H and O–H groups in total. The summed E-state index contributed by atoms with van der Waals surface area (Å²) in [7, 11) is -5.73. The summed E-state index contributed by atoms with van der Waals surface area (Å²) in [5, 5.41) is 0. The molecule has 0 aromatic heterocycles. The van der Waals surface area contributed by atoms with Gasteiger partial charge >= 0.3 is 0 Å². The van der Waals surface area contributed by atoms with Crippen LogP contribution < -0.4 is 0 Å². The van der Waals surface area contributed by atoms with Crippen molar-refractivity contribution >= 4 is 14.7 Å². The van der Waals surface area contributed by atoms with Gasteiger partial charge in [0, 0.05) is 24.6 Å². The molecule has 4 nitrogen and oxygen atoms in total. The Hall–Kier alpha value is 0.380. The summed E-state index contributed by atoms with van der Waals surface area (Å²) in [5.74, 6) is 0. The van der Waals surface area contributed by atoms with Crippen molar-refractivity contribution in [2.24, 2.45) is 0 Å². The molecule has 2 unspecified atom stereocenters. The van der Waals surface area contributed by atoms with E-state index in [1.165, 1.54) is 0 Å². The zero-order valence-electron chi connectivity index (χ0n) is 10.3. The molecule has 16 heavy (non-hydrogen) atoms. The lowest BCUT2D eigenvalue weighted by atomic mass is 10.2. The van der Waals surface area contributed by atoms with Crippen molar-refractivity contribution in [2.75, 3.05) is 24.6 Å². The van der Waals surface area contributed by atoms with Crippen LogP contribution in [0.25, 0.3) is 0 Å². The molecule has 2 atom stereocenters. The first-order valence-electron chi connectivity index (χ1n) is 5.94. The van der Waals surface area contributed by atoms with E-state index in [1.807, 2.05) is 0 Å². The van der Waals surface area contributed by atoms with Gasteiger partial charge in [0.25, 0.3) is 0 Å². The molecule has 0 saturated carbocycles. The van der Waals surface area contributed by atoms with Crippen LogP contribution in [0.5, 0.6) is 0 Å². The van der Waals surface area contributed by atoms with E-state index >= 15 is 0 Å². The fraction of sp³-hybridized carbons (Fsp3) is 1.00. The summed E-state index contributed by atoms with van der Waals surface area (Å²) in [4.78, 5) is 18.6. The molecule has 0 aliphatic heterocycles. The first-order chi connectivity index (χ1) is 7.33. The van der Waals surface area contributed by atoms with Crippen molar-refractivity contribution in [3.63, 3.8) is 0 Å². The second kappa shape index (κ2) is 7.66. The third kappa shape index (κ3) is 8.52. The topological polar surface area (TPSA) is 74.6 Å². The average Bonchev–Trinajstić information content (AvgIpc) is 2.23. The predicted molar refractivity (Wildman–Crippen MR) is 68.9 cm³/mol. The number of rotatable bonds is 9. The van der Waals surface area contributed by atoms with Crippen molar-refractivity contribution in [1.82, 2.24) is 0 Å². The van der Waals surface area contributed by atoms with Crippen molar-refractivity contribution in [2.45, 2.75) is 39.5 Å². The summed E-state index contributed by atoms with van der Waals surface area (Å²) < 4.78 is 22.6. The normalized spacial score (nSPS) is 19.0. The van der Waals surface area contributed by atoms with E-state index in [1.54, 1.807) is 13.8 Å². The summed E-state index contributed by atoms with van der Waals surface area (Å²) in [6.45, 7) is 3.45. The molecule has 0 bridgehead atoms. The zero-order valence-corrected chi connectivity index (χ0v) is 12.1. The van der Waals surface area contributed by atoms with Gasteiger partial charge in [-0.15, -0.1) is 0 Å². The van der Waals surface area contributed by atoms with E-state index in [2.05, 4.69) is 0 Å². The molecule has 0 heterocycles. The summed E-state index contributed by atoms with van der Waals surface area (Å²) in [6.07, 6.45) is 4.67. The quantitative estimate of drug-likeness (QED) is 0.498. The van der Waals surface area contributed by atoms with Crippen molar-refractivity contribution in [1.29, 1.82) is 0 Å². The van der Waals surface area contributed by atoms with Gasteiger partial charge in [-0.1, -0.05) is 26.7 Å². The lowest BCUT2D eigenvalue weighted by Crippen LogP contribution is -1.94. The molecule has 0 rings (SSSR count). The highest BCUT2D eigenvalue weighted by Crippen LogP contribution is 2.42. The van der Waals surface area contributed by atoms with E-state index in [9.17, 15) is 18.9 Å². The Morgan fingerprint density at radius 2 is 1.06 bits per heavy atom. The van der Waals surface area contributed by atoms with Crippen molar-refractivity contribution in [3.8, 4) is 0 Å². The maximum Gasteiger partial charge on any atom is 0.200 e. The first kappa shape index (κ1) is 16.4. The van der Waals surface area contributed by atoms with Crippen molar-refractivity contribution in [3.05, 3.63) is 0 Å². The molecular formula is C10H24O4P2. The molecule has 0 saturated heterocycles. The van der Waals surface area contributed by atoms with Gasteiger partial charge in [0.05, 0.1) is 0 Å². The van der Waals surface area contributed by atoms with Gasteiger partial charge in [-0.2, -0.15) is 0 Å². The largest absolute Gasteiger partial charge is 0.344 e. The summed E-state index contributed by atoms with van der Waals surface area (Å²) >= 11 is 0. The van der Waals surface area contributed by atoms with E-state index in [-0.39, 0.29) is 0 Å². The Morgan fingerprint density at radius 3 is 1.31 bits per heavy atom. The Balaban J connectivity index is 3.49. The number of unbranched alkanes of at least 4 members (excludes halogenated alkanes) is 3. The lowest BCUT2D eigenvalue weighted by molar-refractivity contribution is 0.470. The van der Waals surface area contributed by atoms with E-state index < -0.39 is 14.7 Å². The predicted octanol–water partition coefficient (Wildman–Crippen LogP) is 3.13. The van der Waals surface area contributed by atoms with Gasteiger partial charge in [-0.3, -0.25) is 9.13 Å².